The van der Waals surface area contributed by atoms with Gasteiger partial charge in [-0.05, 0) is 31.0 Å². The summed E-state index contributed by atoms with van der Waals surface area (Å²) < 4.78 is 27.6. The number of hydrogen-bond donors (Lipinski definition) is 2. The summed E-state index contributed by atoms with van der Waals surface area (Å²) in [5.41, 5.74) is 0.677. The number of rotatable bonds is 9. The molecule has 1 aliphatic heterocycles. The molecule has 2 heterocycles. The van der Waals surface area contributed by atoms with Crippen molar-refractivity contribution >= 4 is 28.7 Å². The predicted octanol–water partition coefficient (Wildman–Crippen LogP) is 3.08. The number of nitrogens with zero attached hydrogens (tertiary/aromatic N) is 3. The average Bonchev–Trinajstić information content (AvgIpc) is 2.98. The minimum atomic E-state index is -1.27. The van der Waals surface area contributed by atoms with Crippen LogP contribution in [-0.4, -0.2) is 77.2 Å². The summed E-state index contributed by atoms with van der Waals surface area (Å²) in [6, 6.07) is 12.0. The van der Waals surface area contributed by atoms with Crippen LogP contribution < -0.4 is 10.3 Å². The zero-order valence-electron chi connectivity index (χ0n) is 22.6. The average molecular weight is 556 g/mol. The maximum Gasteiger partial charge on any atom is 0.410 e. The van der Waals surface area contributed by atoms with Crippen LogP contribution in [0.1, 0.15) is 42.2 Å². The second kappa shape index (κ2) is 12.9. The Bertz CT molecular complexity index is 1400. The molecule has 0 bridgehead atoms. The fraction of sp³-hybridized carbons (Fsp3) is 0.414. The summed E-state index contributed by atoms with van der Waals surface area (Å²) in [5.74, 6) is -1.59. The lowest BCUT2D eigenvalue weighted by molar-refractivity contribution is 0.00918. The number of aromatic nitrogens is 1. The Labute approximate surface area is 231 Å². The van der Waals surface area contributed by atoms with Gasteiger partial charge in [0, 0.05) is 43.8 Å². The number of amides is 1. The van der Waals surface area contributed by atoms with Gasteiger partial charge in [0.2, 0.25) is 5.43 Å². The first-order valence-corrected chi connectivity index (χ1v) is 13.3. The number of aliphatic hydroxyl groups is 2. The smallest absolute Gasteiger partial charge is 0.410 e. The zero-order valence-corrected chi connectivity index (χ0v) is 22.6. The first-order valence-electron chi connectivity index (χ1n) is 13.3. The second-order valence-corrected chi connectivity index (χ2v) is 9.81. The van der Waals surface area contributed by atoms with Crippen molar-refractivity contribution in [2.45, 2.75) is 39.0 Å². The third-order valence-corrected chi connectivity index (χ3v) is 7.09. The van der Waals surface area contributed by atoms with E-state index in [1.807, 2.05) is 49.1 Å². The van der Waals surface area contributed by atoms with Crippen LogP contribution in [0.3, 0.4) is 0 Å². The molecule has 1 aromatic heterocycles. The molecular formula is C29H34FN3O7. The molecule has 0 aliphatic carbocycles. The second-order valence-electron chi connectivity index (χ2n) is 9.81. The van der Waals surface area contributed by atoms with Gasteiger partial charge in [0.25, 0.3) is 0 Å². The molecule has 2 N–H and O–H groups in total. The van der Waals surface area contributed by atoms with Crippen LogP contribution in [-0.2, 0) is 16.1 Å². The highest BCUT2D eigenvalue weighted by molar-refractivity contribution is 5.94. The summed E-state index contributed by atoms with van der Waals surface area (Å²) in [6.07, 6.45) is 0.368. The van der Waals surface area contributed by atoms with Gasteiger partial charge in [-0.15, -0.1) is 0 Å². The van der Waals surface area contributed by atoms with E-state index in [1.54, 1.807) is 15.5 Å². The highest BCUT2D eigenvalue weighted by atomic mass is 19.1. The molecule has 40 heavy (non-hydrogen) atoms. The van der Waals surface area contributed by atoms with E-state index in [0.29, 0.717) is 43.8 Å². The van der Waals surface area contributed by atoms with Crippen LogP contribution in [0.4, 0.5) is 14.9 Å². The molecule has 11 heteroatoms. The molecule has 1 amide bonds. The Morgan fingerprint density at radius 2 is 1.77 bits per heavy atom. The monoisotopic (exact) mass is 555 g/mol. The van der Waals surface area contributed by atoms with Gasteiger partial charge in [-0.1, -0.05) is 37.3 Å². The number of fused-ring (bicyclic) bond motifs is 1. The van der Waals surface area contributed by atoms with E-state index >= 15 is 4.39 Å². The topological polar surface area (TPSA) is 122 Å². The first kappa shape index (κ1) is 29.0. The molecule has 0 saturated carbocycles. The SMILES string of the molecule is CCC(C)n1cc(C(=O)OCC(O)CO)c(=O)c2cc(F)c(N3CCN(C(=O)OCc4ccccc4)CC3)cc21. The van der Waals surface area contributed by atoms with E-state index in [0.717, 1.165) is 11.6 Å². The van der Waals surface area contributed by atoms with Crippen molar-refractivity contribution in [1.82, 2.24) is 9.47 Å². The molecule has 0 spiro atoms. The van der Waals surface area contributed by atoms with Gasteiger partial charge in [-0.2, -0.15) is 0 Å². The summed E-state index contributed by atoms with van der Waals surface area (Å²) in [6.45, 7) is 4.38. The van der Waals surface area contributed by atoms with Gasteiger partial charge in [0.05, 0.1) is 17.8 Å². The summed E-state index contributed by atoms with van der Waals surface area (Å²) in [5, 5.41) is 18.5. The molecule has 4 rings (SSSR count). The van der Waals surface area contributed by atoms with Crippen LogP contribution in [0.2, 0.25) is 0 Å². The molecule has 3 aromatic rings. The number of piperazine rings is 1. The number of anilines is 1. The zero-order chi connectivity index (χ0) is 28.8. The van der Waals surface area contributed by atoms with Crippen molar-refractivity contribution in [3.8, 4) is 0 Å². The molecule has 1 saturated heterocycles. The molecule has 1 aliphatic rings. The third kappa shape index (κ3) is 6.43. The number of aliphatic hydroxyl groups excluding tert-OH is 2. The number of esters is 1. The van der Waals surface area contributed by atoms with E-state index in [9.17, 15) is 19.5 Å². The van der Waals surface area contributed by atoms with Gasteiger partial charge in [-0.3, -0.25) is 4.79 Å². The first-order chi connectivity index (χ1) is 19.2. The molecule has 214 valence electrons. The molecule has 2 aromatic carbocycles. The van der Waals surface area contributed by atoms with Crippen molar-refractivity contribution in [2.75, 3.05) is 44.3 Å². The lowest BCUT2D eigenvalue weighted by Gasteiger charge is -2.35. The van der Waals surface area contributed by atoms with Crippen molar-refractivity contribution < 1.29 is 33.7 Å². The Balaban J connectivity index is 1.55. The lowest BCUT2D eigenvalue weighted by atomic mass is 10.1. The highest BCUT2D eigenvalue weighted by Crippen LogP contribution is 2.28. The quantitative estimate of drug-likeness (QED) is 0.387. The fourth-order valence-corrected chi connectivity index (χ4v) is 4.55. The lowest BCUT2D eigenvalue weighted by Crippen LogP contribution is -2.49. The predicted molar refractivity (Wildman–Crippen MR) is 147 cm³/mol. The van der Waals surface area contributed by atoms with Gasteiger partial charge in [0.1, 0.15) is 30.7 Å². The van der Waals surface area contributed by atoms with Crippen LogP contribution in [0.15, 0.2) is 53.5 Å². The van der Waals surface area contributed by atoms with E-state index in [-0.39, 0.29) is 23.6 Å². The number of carbonyl (C=O) groups excluding carboxylic acids is 2. The number of ether oxygens (including phenoxy) is 2. The Hall–Kier alpha value is -3.96. The fourth-order valence-electron chi connectivity index (χ4n) is 4.55. The van der Waals surface area contributed by atoms with Crippen molar-refractivity contribution in [3.05, 3.63) is 75.8 Å². The third-order valence-electron chi connectivity index (χ3n) is 7.09. The van der Waals surface area contributed by atoms with Crippen LogP contribution in [0.5, 0.6) is 0 Å². The van der Waals surface area contributed by atoms with Crippen molar-refractivity contribution in [1.29, 1.82) is 0 Å². The number of hydrogen-bond acceptors (Lipinski definition) is 8. The maximum atomic E-state index is 15.4. The molecule has 0 radical (unpaired) electrons. The summed E-state index contributed by atoms with van der Waals surface area (Å²) in [4.78, 5) is 41.8. The Morgan fingerprint density at radius 3 is 2.42 bits per heavy atom. The van der Waals surface area contributed by atoms with Crippen molar-refractivity contribution in [3.63, 3.8) is 0 Å². The van der Waals surface area contributed by atoms with Gasteiger partial charge in [-0.25, -0.2) is 14.0 Å². The molecule has 2 unspecified atom stereocenters. The van der Waals surface area contributed by atoms with Crippen LogP contribution in [0.25, 0.3) is 10.9 Å². The van der Waals surface area contributed by atoms with E-state index in [2.05, 4.69) is 0 Å². The largest absolute Gasteiger partial charge is 0.459 e. The van der Waals surface area contributed by atoms with Gasteiger partial charge >= 0.3 is 12.1 Å². The number of carbonyl (C=O) groups is 2. The van der Waals surface area contributed by atoms with Gasteiger partial charge < -0.3 is 34.1 Å². The molecular weight excluding hydrogens is 521 g/mol. The highest BCUT2D eigenvalue weighted by Gasteiger charge is 2.26. The van der Waals surface area contributed by atoms with Crippen molar-refractivity contribution in [2.24, 2.45) is 0 Å². The Morgan fingerprint density at radius 1 is 1.07 bits per heavy atom. The minimum absolute atomic E-state index is 0.0295. The number of benzene rings is 2. The number of pyridine rings is 1. The van der Waals surface area contributed by atoms with E-state index in [1.165, 1.54) is 6.20 Å². The normalized spacial score (nSPS) is 15.1. The molecule has 10 nitrogen and oxygen atoms in total. The van der Waals surface area contributed by atoms with Crippen LogP contribution in [0, 0.1) is 5.82 Å². The molecule has 1 fully saturated rings. The Kier molecular flexibility index (Phi) is 9.38. The molecule has 2 atom stereocenters. The minimum Gasteiger partial charge on any atom is -0.459 e. The van der Waals surface area contributed by atoms with E-state index in [4.69, 9.17) is 14.6 Å². The van der Waals surface area contributed by atoms with Crippen LogP contribution >= 0.6 is 0 Å². The standard InChI is InChI=1S/C29H34FN3O7/c1-3-19(2)33-15-23(28(37)39-18-21(35)16-34)27(36)22-13-24(30)26(14-25(22)33)31-9-11-32(12-10-31)29(38)40-17-20-7-5-4-6-8-20/h4-8,13-15,19,21,34-35H,3,9-12,16-18H2,1-2H3. The number of halogens is 1. The van der Waals surface area contributed by atoms with Gasteiger partial charge in [0.15, 0.2) is 0 Å². The van der Waals surface area contributed by atoms with E-state index < -0.39 is 42.6 Å². The summed E-state index contributed by atoms with van der Waals surface area (Å²) in [7, 11) is 0. The summed E-state index contributed by atoms with van der Waals surface area (Å²) >= 11 is 0. The maximum absolute atomic E-state index is 15.4.